The molecular formula is C13H16BrN3. The fraction of sp³-hybridized carbons (Fsp3) is 0.308. The Hall–Kier alpha value is -1.13. The number of halogens is 1. The van der Waals surface area contributed by atoms with Crippen molar-refractivity contribution in [1.29, 1.82) is 0 Å². The van der Waals surface area contributed by atoms with E-state index in [1.165, 1.54) is 5.56 Å². The van der Waals surface area contributed by atoms with E-state index >= 15 is 0 Å². The number of aryl methyl sites for hydroxylation is 1. The van der Waals surface area contributed by atoms with E-state index < -0.39 is 0 Å². The molecule has 0 atom stereocenters. The third-order valence-electron chi connectivity index (χ3n) is 2.61. The maximum Gasteiger partial charge on any atom is 0.0766 e. The van der Waals surface area contributed by atoms with Crippen molar-refractivity contribution >= 4 is 15.9 Å². The van der Waals surface area contributed by atoms with Gasteiger partial charge in [0.2, 0.25) is 0 Å². The molecule has 2 aromatic rings. The van der Waals surface area contributed by atoms with E-state index in [4.69, 9.17) is 0 Å². The predicted molar refractivity (Wildman–Crippen MR) is 73.4 cm³/mol. The summed E-state index contributed by atoms with van der Waals surface area (Å²) in [6.07, 6.45) is 2.00. The van der Waals surface area contributed by atoms with E-state index in [0.717, 1.165) is 28.9 Å². The van der Waals surface area contributed by atoms with Gasteiger partial charge in [-0.3, -0.25) is 0 Å². The summed E-state index contributed by atoms with van der Waals surface area (Å²) < 4.78 is 3.02. The standard InChI is InChI=1S/C13H16BrN3/c1-3-15-9-12-6-7-17(16-12)13-5-4-11(14)8-10(13)2/h4-8,15H,3,9H2,1-2H3. The van der Waals surface area contributed by atoms with Gasteiger partial charge in [0.25, 0.3) is 0 Å². The molecule has 1 aromatic carbocycles. The molecule has 3 nitrogen and oxygen atoms in total. The van der Waals surface area contributed by atoms with Crippen molar-refractivity contribution in [3.63, 3.8) is 0 Å². The lowest BCUT2D eigenvalue weighted by Crippen LogP contribution is -2.12. The molecule has 1 N–H and O–H groups in total. The summed E-state index contributed by atoms with van der Waals surface area (Å²) in [5.41, 5.74) is 3.39. The Bertz CT molecular complexity index is 505. The van der Waals surface area contributed by atoms with Gasteiger partial charge in [-0.05, 0) is 43.3 Å². The number of hydrogen-bond donors (Lipinski definition) is 1. The van der Waals surface area contributed by atoms with Crippen LogP contribution in [0.5, 0.6) is 0 Å². The molecule has 0 saturated carbocycles. The second kappa shape index (κ2) is 5.47. The molecule has 0 saturated heterocycles. The highest BCUT2D eigenvalue weighted by atomic mass is 79.9. The first-order valence-corrected chi connectivity index (χ1v) is 6.52. The Balaban J connectivity index is 2.24. The van der Waals surface area contributed by atoms with Gasteiger partial charge in [-0.25, -0.2) is 4.68 Å². The van der Waals surface area contributed by atoms with Gasteiger partial charge in [0.1, 0.15) is 0 Å². The summed E-state index contributed by atoms with van der Waals surface area (Å²) in [5.74, 6) is 0. The summed E-state index contributed by atoms with van der Waals surface area (Å²) in [6.45, 7) is 5.96. The first-order chi connectivity index (χ1) is 8.20. The highest BCUT2D eigenvalue weighted by molar-refractivity contribution is 9.10. The van der Waals surface area contributed by atoms with Gasteiger partial charge in [0, 0.05) is 17.2 Å². The van der Waals surface area contributed by atoms with Gasteiger partial charge in [0.15, 0.2) is 0 Å². The first-order valence-electron chi connectivity index (χ1n) is 5.72. The van der Waals surface area contributed by atoms with E-state index in [9.17, 15) is 0 Å². The van der Waals surface area contributed by atoms with Gasteiger partial charge >= 0.3 is 0 Å². The van der Waals surface area contributed by atoms with Gasteiger partial charge in [0.05, 0.1) is 11.4 Å². The summed E-state index contributed by atoms with van der Waals surface area (Å²) in [4.78, 5) is 0. The van der Waals surface area contributed by atoms with Crippen LogP contribution in [0.25, 0.3) is 5.69 Å². The summed E-state index contributed by atoms with van der Waals surface area (Å²) in [6, 6.07) is 8.25. The van der Waals surface area contributed by atoms with Crippen LogP contribution in [0.2, 0.25) is 0 Å². The summed E-state index contributed by atoms with van der Waals surface area (Å²) >= 11 is 3.47. The van der Waals surface area contributed by atoms with Crippen molar-refractivity contribution in [3.8, 4) is 5.69 Å². The number of benzene rings is 1. The minimum atomic E-state index is 0.819. The number of aromatic nitrogens is 2. The minimum absolute atomic E-state index is 0.819. The maximum absolute atomic E-state index is 4.55. The van der Waals surface area contributed by atoms with E-state index in [-0.39, 0.29) is 0 Å². The number of nitrogens with one attached hydrogen (secondary N) is 1. The van der Waals surface area contributed by atoms with Gasteiger partial charge in [-0.2, -0.15) is 5.10 Å². The van der Waals surface area contributed by atoms with Crippen LogP contribution in [-0.4, -0.2) is 16.3 Å². The molecule has 4 heteroatoms. The number of hydrogen-bond acceptors (Lipinski definition) is 2. The van der Waals surface area contributed by atoms with Crippen LogP contribution in [-0.2, 0) is 6.54 Å². The third kappa shape index (κ3) is 2.96. The molecule has 17 heavy (non-hydrogen) atoms. The van der Waals surface area contributed by atoms with E-state index in [1.54, 1.807) is 0 Å². The van der Waals surface area contributed by atoms with Crippen molar-refractivity contribution in [2.45, 2.75) is 20.4 Å². The van der Waals surface area contributed by atoms with Gasteiger partial charge in [-0.15, -0.1) is 0 Å². The summed E-state index contributed by atoms with van der Waals surface area (Å²) in [5, 5.41) is 7.82. The molecule has 0 spiro atoms. The van der Waals surface area contributed by atoms with E-state index in [2.05, 4.69) is 52.3 Å². The fourth-order valence-corrected chi connectivity index (χ4v) is 2.19. The van der Waals surface area contributed by atoms with Crippen LogP contribution in [0.4, 0.5) is 0 Å². The molecule has 1 heterocycles. The molecule has 0 aliphatic heterocycles. The van der Waals surface area contributed by atoms with Crippen molar-refractivity contribution in [3.05, 3.63) is 46.2 Å². The van der Waals surface area contributed by atoms with Gasteiger partial charge < -0.3 is 5.32 Å². The lowest BCUT2D eigenvalue weighted by Gasteiger charge is -2.06. The monoisotopic (exact) mass is 293 g/mol. The van der Waals surface area contributed by atoms with Crippen LogP contribution in [0, 0.1) is 6.92 Å². The minimum Gasteiger partial charge on any atom is -0.311 e. The second-order valence-corrected chi connectivity index (χ2v) is 4.88. The largest absolute Gasteiger partial charge is 0.311 e. The lowest BCUT2D eigenvalue weighted by molar-refractivity contribution is 0.696. The highest BCUT2D eigenvalue weighted by Gasteiger charge is 2.04. The molecule has 0 radical (unpaired) electrons. The SMILES string of the molecule is CCNCc1ccn(-c2ccc(Br)cc2C)n1. The average molecular weight is 294 g/mol. The summed E-state index contributed by atoms with van der Waals surface area (Å²) in [7, 11) is 0. The second-order valence-electron chi connectivity index (χ2n) is 3.96. The molecule has 2 rings (SSSR count). The van der Waals surface area contributed by atoms with Gasteiger partial charge in [-0.1, -0.05) is 22.9 Å². The molecule has 0 unspecified atom stereocenters. The van der Waals surface area contributed by atoms with Crippen LogP contribution in [0.15, 0.2) is 34.9 Å². The van der Waals surface area contributed by atoms with Crippen LogP contribution in [0.1, 0.15) is 18.2 Å². The smallest absolute Gasteiger partial charge is 0.0766 e. The molecule has 0 aliphatic carbocycles. The third-order valence-corrected chi connectivity index (χ3v) is 3.10. The van der Waals surface area contributed by atoms with Crippen molar-refractivity contribution in [2.24, 2.45) is 0 Å². The topological polar surface area (TPSA) is 29.9 Å². The number of rotatable bonds is 4. The van der Waals surface area contributed by atoms with Crippen LogP contribution in [0.3, 0.4) is 0 Å². The molecular weight excluding hydrogens is 278 g/mol. The molecule has 0 bridgehead atoms. The molecule has 1 aromatic heterocycles. The zero-order valence-corrected chi connectivity index (χ0v) is 11.7. The zero-order valence-electron chi connectivity index (χ0n) is 10.1. The number of nitrogens with zero attached hydrogens (tertiary/aromatic N) is 2. The lowest BCUT2D eigenvalue weighted by atomic mass is 10.2. The van der Waals surface area contributed by atoms with E-state index in [0.29, 0.717) is 0 Å². The maximum atomic E-state index is 4.55. The van der Waals surface area contributed by atoms with Crippen molar-refractivity contribution in [1.82, 2.24) is 15.1 Å². The van der Waals surface area contributed by atoms with Crippen molar-refractivity contribution in [2.75, 3.05) is 6.54 Å². The molecule has 90 valence electrons. The van der Waals surface area contributed by atoms with E-state index in [1.807, 2.05) is 23.0 Å². The highest BCUT2D eigenvalue weighted by Crippen LogP contribution is 2.18. The first kappa shape index (κ1) is 12.3. The average Bonchev–Trinajstić information content (AvgIpc) is 2.75. The zero-order chi connectivity index (χ0) is 12.3. The Morgan fingerprint density at radius 2 is 2.18 bits per heavy atom. The predicted octanol–water partition coefficient (Wildman–Crippen LogP) is 3.05. The fourth-order valence-electron chi connectivity index (χ4n) is 1.72. The molecule has 0 aliphatic rings. The normalized spacial score (nSPS) is 10.8. The molecule has 0 fully saturated rings. The molecule has 0 amide bonds. The van der Waals surface area contributed by atoms with Crippen LogP contribution >= 0.6 is 15.9 Å². The Labute approximate surface area is 110 Å². The quantitative estimate of drug-likeness (QED) is 0.939. The Morgan fingerprint density at radius 1 is 1.35 bits per heavy atom. The Kier molecular flexibility index (Phi) is 3.97. The van der Waals surface area contributed by atoms with Crippen LogP contribution < -0.4 is 5.32 Å². The Morgan fingerprint density at radius 3 is 2.88 bits per heavy atom. The van der Waals surface area contributed by atoms with Crippen molar-refractivity contribution < 1.29 is 0 Å².